The standard InChI is InChI=1S/C13H14N4O4S/c1-8-15-16-13(22)17(8)14-6-9-3-4-10(11(5-9)20-2)21-7-12(18)19/h3-6H,7H2,1-2H3,(H,16,22)(H,18,19)/b14-6-. The van der Waals surface area contributed by atoms with Gasteiger partial charge in [-0.05, 0) is 42.9 Å². The Labute approximate surface area is 131 Å². The normalized spacial score (nSPS) is 10.8. The number of carbonyl (C=O) groups is 1. The minimum atomic E-state index is -1.06. The molecule has 0 radical (unpaired) electrons. The number of methoxy groups -OCH3 is 1. The summed E-state index contributed by atoms with van der Waals surface area (Å²) in [4.78, 5) is 10.5. The fraction of sp³-hybridized carbons (Fsp3) is 0.231. The zero-order valence-electron chi connectivity index (χ0n) is 11.9. The van der Waals surface area contributed by atoms with Crippen LogP contribution in [0, 0.1) is 11.7 Å². The third-order valence-electron chi connectivity index (χ3n) is 2.67. The van der Waals surface area contributed by atoms with E-state index in [-0.39, 0.29) is 0 Å². The summed E-state index contributed by atoms with van der Waals surface area (Å²) in [5, 5.41) is 19.4. The molecule has 2 N–H and O–H groups in total. The predicted octanol–water partition coefficient (Wildman–Crippen LogP) is 1.60. The summed E-state index contributed by atoms with van der Waals surface area (Å²) >= 11 is 5.05. The monoisotopic (exact) mass is 322 g/mol. The molecule has 0 unspecified atom stereocenters. The Morgan fingerprint density at radius 2 is 2.32 bits per heavy atom. The summed E-state index contributed by atoms with van der Waals surface area (Å²) < 4.78 is 12.2. The van der Waals surface area contributed by atoms with E-state index in [0.717, 1.165) is 5.56 Å². The molecule has 0 saturated heterocycles. The number of carboxylic acids is 1. The Kier molecular flexibility index (Phi) is 4.89. The Morgan fingerprint density at radius 1 is 1.55 bits per heavy atom. The van der Waals surface area contributed by atoms with Crippen LogP contribution in [0.25, 0.3) is 0 Å². The van der Waals surface area contributed by atoms with Crippen molar-refractivity contribution in [1.82, 2.24) is 14.9 Å². The fourth-order valence-corrected chi connectivity index (χ4v) is 1.88. The SMILES string of the molecule is COc1cc(/C=N\n2c(C)n[nH]c2=S)ccc1OCC(=O)O. The van der Waals surface area contributed by atoms with E-state index in [1.807, 2.05) is 0 Å². The molecule has 0 fully saturated rings. The number of nitrogens with zero attached hydrogens (tertiary/aromatic N) is 3. The van der Waals surface area contributed by atoms with Gasteiger partial charge < -0.3 is 14.6 Å². The second-order valence-electron chi connectivity index (χ2n) is 4.23. The number of aromatic nitrogens is 3. The van der Waals surface area contributed by atoms with Crippen LogP contribution in [0.1, 0.15) is 11.4 Å². The molecule has 1 aromatic heterocycles. The topological polar surface area (TPSA) is 102 Å². The van der Waals surface area contributed by atoms with Crippen molar-refractivity contribution in [3.05, 3.63) is 34.4 Å². The molecule has 0 saturated carbocycles. The van der Waals surface area contributed by atoms with Gasteiger partial charge in [-0.1, -0.05) is 0 Å². The van der Waals surface area contributed by atoms with Crippen LogP contribution in [0.4, 0.5) is 0 Å². The van der Waals surface area contributed by atoms with E-state index in [9.17, 15) is 4.79 Å². The molecule has 2 rings (SSSR count). The van der Waals surface area contributed by atoms with Gasteiger partial charge in [0.1, 0.15) is 5.82 Å². The molecule has 1 aromatic carbocycles. The van der Waals surface area contributed by atoms with Crippen LogP contribution in [0.5, 0.6) is 11.5 Å². The van der Waals surface area contributed by atoms with Crippen LogP contribution in [-0.2, 0) is 4.79 Å². The molecule has 22 heavy (non-hydrogen) atoms. The maximum absolute atomic E-state index is 10.5. The second-order valence-corrected chi connectivity index (χ2v) is 4.61. The first kappa shape index (κ1) is 15.7. The van der Waals surface area contributed by atoms with Gasteiger partial charge in [-0.15, -0.1) is 0 Å². The van der Waals surface area contributed by atoms with Gasteiger partial charge in [-0.3, -0.25) is 5.10 Å². The summed E-state index contributed by atoms with van der Waals surface area (Å²) in [6, 6.07) is 5.02. The highest BCUT2D eigenvalue weighted by molar-refractivity contribution is 7.71. The van der Waals surface area contributed by atoms with Gasteiger partial charge in [0.25, 0.3) is 0 Å². The van der Waals surface area contributed by atoms with Crippen LogP contribution < -0.4 is 9.47 Å². The molecular formula is C13H14N4O4S. The molecule has 0 amide bonds. The van der Waals surface area contributed by atoms with Gasteiger partial charge in [0.2, 0.25) is 4.77 Å². The van der Waals surface area contributed by atoms with E-state index < -0.39 is 12.6 Å². The van der Waals surface area contributed by atoms with E-state index in [1.54, 1.807) is 31.3 Å². The number of hydrogen-bond acceptors (Lipinski definition) is 6. The highest BCUT2D eigenvalue weighted by Crippen LogP contribution is 2.27. The van der Waals surface area contributed by atoms with E-state index >= 15 is 0 Å². The van der Waals surface area contributed by atoms with Crippen LogP contribution in [-0.4, -0.2) is 45.9 Å². The lowest BCUT2D eigenvalue weighted by molar-refractivity contribution is -0.139. The van der Waals surface area contributed by atoms with Crippen molar-refractivity contribution in [3.8, 4) is 11.5 Å². The highest BCUT2D eigenvalue weighted by atomic mass is 32.1. The summed E-state index contributed by atoms with van der Waals surface area (Å²) in [5.41, 5.74) is 0.738. The minimum absolute atomic E-state index is 0.346. The number of aromatic amines is 1. The van der Waals surface area contributed by atoms with Crippen LogP contribution in [0.15, 0.2) is 23.3 Å². The average molecular weight is 322 g/mol. The Morgan fingerprint density at radius 3 is 2.91 bits per heavy atom. The number of benzene rings is 1. The Balaban J connectivity index is 2.22. The number of aliphatic carboxylic acids is 1. The molecule has 0 bridgehead atoms. The number of ether oxygens (including phenoxy) is 2. The van der Waals surface area contributed by atoms with Gasteiger partial charge in [0.15, 0.2) is 18.1 Å². The summed E-state index contributed by atoms with van der Waals surface area (Å²) in [6.07, 6.45) is 1.59. The first-order chi connectivity index (χ1) is 10.5. The lowest BCUT2D eigenvalue weighted by Crippen LogP contribution is -2.10. The molecule has 0 atom stereocenters. The molecule has 8 nitrogen and oxygen atoms in total. The minimum Gasteiger partial charge on any atom is -0.493 e. The predicted molar refractivity (Wildman–Crippen MR) is 81.3 cm³/mol. The highest BCUT2D eigenvalue weighted by Gasteiger charge is 2.07. The zero-order chi connectivity index (χ0) is 16.1. The Hall–Kier alpha value is -2.68. The van der Waals surface area contributed by atoms with Crippen molar-refractivity contribution >= 4 is 24.4 Å². The van der Waals surface area contributed by atoms with E-state index in [1.165, 1.54) is 11.8 Å². The number of carboxylic acid groups (broad SMARTS) is 1. The van der Waals surface area contributed by atoms with E-state index in [4.69, 9.17) is 26.8 Å². The van der Waals surface area contributed by atoms with E-state index in [0.29, 0.717) is 22.1 Å². The van der Waals surface area contributed by atoms with Crippen molar-refractivity contribution in [3.63, 3.8) is 0 Å². The maximum atomic E-state index is 10.5. The lowest BCUT2D eigenvalue weighted by atomic mass is 10.2. The van der Waals surface area contributed by atoms with Gasteiger partial charge in [-0.25, -0.2) is 4.79 Å². The first-order valence-corrected chi connectivity index (χ1v) is 6.63. The first-order valence-electron chi connectivity index (χ1n) is 6.22. The number of aryl methyl sites for hydroxylation is 1. The van der Waals surface area contributed by atoms with Crippen molar-refractivity contribution in [2.24, 2.45) is 5.10 Å². The molecule has 116 valence electrons. The zero-order valence-corrected chi connectivity index (χ0v) is 12.8. The maximum Gasteiger partial charge on any atom is 0.341 e. The molecular weight excluding hydrogens is 308 g/mol. The van der Waals surface area contributed by atoms with Crippen molar-refractivity contribution in [2.45, 2.75) is 6.92 Å². The smallest absolute Gasteiger partial charge is 0.341 e. The third-order valence-corrected chi connectivity index (χ3v) is 2.94. The van der Waals surface area contributed by atoms with Crippen LogP contribution >= 0.6 is 12.2 Å². The quantitative estimate of drug-likeness (QED) is 0.619. The fourth-order valence-electron chi connectivity index (χ4n) is 1.65. The van der Waals surface area contributed by atoms with Gasteiger partial charge in [0, 0.05) is 0 Å². The molecule has 2 aromatic rings. The summed E-state index contributed by atoms with van der Waals surface area (Å²) in [7, 11) is 1.47. The number of rotatable bonds is 6. The van der Waals surface area contributed by atoms with Gasteiger partial charge >= 0.3 is 5.97 Å². The molecule has 1 heterocycles. The Bertz CT molecular complexity index is 766. The van der Waals surface area contributed by atoms with Crippen molar-refractivity contribution in [2.75, 3.05) is 13.7 Å². The second kappa shape index (κ2) is 6.85. The van der Waals surface area contributed by atoms with E-state index in [2.05, 4.69) is 15.3 Å². The number of nitrogens with one attached hydrogen (secondary N) is 1. The number of hydrogen-bond donors (Lipinski definition) is 2. The third kappa shape index (κ3) is 3.70. The molecule has 9 heteroatoms. The molecule has 0 aliphatic heterocycles. The summed E-state index contributed by atoms with van der Waals surface area (Å²) in [6.45, 7) is 1.33. The number of H-pyrrole nitrogens is 1. The largest absolute Gasteiger partial charge is 0.493 e. The van der Waals surface area contributed by atoms with Crippen molar-refractivity contribution in [1.29, 1.82) is 0 Å². The van der Waals surface area contributed by atoms with Gasteiger partial charge in [-0.2, -0.15) is 14.9 Å². The van der Waals surface area contributed by atoms with Gasteiger partial charge in [0.05, 0.1) is 13.3 Å². The molecule has 0 aliphatic carbocycles. The average Bonchev–Trinajstić information content (AvgIpc) is 2.82. The summed E-state index contributed by atoms with van der Waals surface area (Å²) in [5.74, 6) is 0.336. The molecule has 0 spiro atoms. The van der Waals surface area contributed by atoms with Crippen molar-refractivity contribution < 1.29 is 19.4 Å². The van der Waals surface area contributed by atoms with Crippen LogP contribution in [0.2, 0.25) is 0 Å². The molecule has 0 aliphatic rings. The lowest BCUT2D eigenvalue weighted by Gasteiger charge is -2.09. The van der Waals surface area contributed by atoms with Crippen LogP contribution in [0.3, 0.4) is 0 Å².